The van der Waals surface area contributed by atoms with Gasteiger partial charge < -0.3 is 5.32 Å². The summed E-state index contributed by atoms with van der Waals surface area (Å²) >= 11 is 11.9. The Balaban J connectivity index is 1.31. The summed E-state index contributed by atoms with van der Waals surface area (Å²) in [6.45, 7) is 0.487. The molecule has 37 heavy (non-hydrogen) atoms. The van der Waals surface area contributed by atoms with Crippen LogP contribution in [-0.4, -0.2) is 40.1 Å². The van der Waals surface area contributed by atoms with Gasteiger partial charge in [-0.1, -0.05) is 41.4 Å². The van der Waals surface area contributed by atoms with Crippen molar-refractivity contribution in [2.45, 2.75) is 23.5 Å². The van der Waals surface area contributed by atoms with Crippen LogP contribution in [-0.2, 0) is 30.6 Å². The van der Waals surface area contributed by atoms with Gasteiger partial charge in [0.05, 0.1) is 16.3 Å². The lowest BCUT2D eigenvalue weighted by atomic mass is 9.97. The number of halogens is 2. The molecule has 1 fully saturated rings. The van der Waals surface area contributed by atoms with Crippen molar-refractivity contribution in [1.29, 1.82) is 0 Å². The van der Waals surface area contributed by atoms with Crippen LogP contribution in [0.4, 0.5) is 11.4 Å². The third-order valence-corrected chi connectivity index (χ3v) is 9.68. The average molecular weight is 583 g/mol. The first kappa shape index (κ1) is 27.4. The van der Waals surface area contributed by atoms with E-state index >= 15 is 0 Å². The fraction of sp³-hybridized carbons (Fsp3) is 0.240. The number of hydrogen-bond acceptors (Lipinski definition) is 5. The van der Waals surface area contributed by atoms with Crippen LogP contribution in [0.5, 0.6) is 0 Å². The Morgan fingerprint density at radius 2 is 1.46 bits per heavy atom. The van der Waals surface area contributed by atoms with E-state index in [9.17, 15) is 21.6 Å². The molecule has 196 valence electrons. The summed E-state index contributed by atoms with van der Waals surface area (Å²) in [6, 6.07) is 18.9. The maximum atomic E-state index is 12.8. The number of nitrogens with zero attached hydrogens (tertiary/aromatic N) is 1. The van der Waals surface area contributed by atoms with Gasteiger partial charge in [0, 0.05) is 34.7 Å². The number of carbonyl (C=O) groups is 1. The Morgan fingerprint density at radius 1 is 0.838 bits per heavy atom. The zero-order valence-electron chi connectivity index (χ0n) is 19.6. The molecule has 0 spiro atoms. The van der Waals surface area contributed by atoms with Crippen LogP contribution in [0.1, 0.15) is 18.4 Å². The lowest BCUT2D eigenvalue weighted by Gasteiger charge is -2.30. The molecule has 0 aromatic heterocycles. The Kier molecular flexibility index (Phi) is 8.45. The standard InChI is InChI=1S/C25H25Cl2N3O5S2/c26-20-4-1-3-18(15-20)17-36(32,33)30-13-11-19(12-14-30)25(31)28-22-7-9-24(10-8-22)37(34,35)29-23-6-2-5-21(27)16-23/h1-10,15-16,19,29H,11-14,17H2,(H,28,31). The van der Waals surface area contributed by atoms with Crippen LogP contribution < -0.4 is 10.0 Å². The van der Waals surface area contributed by atoms with E-state index in [2.05, 4.69) is 10.0 Å². The third-order valence-electron chi connectivity index (χ3n) is 5.97. The molecule has 0 radical (unpaired) electrons. The van der Waals surface area contributed by atoms with Crippen molar-refractivity contribution in [1.82, 2.24) is 4.31 Å². The van der Waals surface area contributed by atoms with Crippen LogP contribution >= 0.6 is 23.2 Å². The van der Waals surface area contributed by atoms with E-state index in [-0.39, 0.29) is 35.6 Å². The topological polar surface area (TPSA) is 113 Å². The van der Waals surface area contributed by atoms with Gasteiger partial charge >= 0.3 is 0 Å². The molecule has 4 rings (SSSR count). The van der Waals surface area contributed by atoms with E-state index in [1.54, 1.807) is 42.5 Å². The van der Waals surface area contributed by atoms with Gasteiger partial charge in [-0.15, -0.1) is 0 Å². The first-order valence-corrected chi connectivity index (χ1v) is 15.3. The summed E-state index contributed by atoms with van der Waals surface area (Å²) < 4.78 is 54.7. The molecule has 1 amide bonds. The molecule has 0 atom stereocenters. The summed E-state index contributed by atoms with van der Waals surface area (Å²) in [5, 5.41) is 3.68. The lowest BCUT2D eigenvalue weighted by molar-refractivity contribution is -0.120. The number of benzene rings is 3. The zero-order valence-corrected chi connectivity index (χ0v) is 22.7. The molecule has 1 aliphatic heterocycles. The Labute approximate surface area is 226 Å². The number of anilines is 2. The predicted octanol–water partition coefficient (Wildman–Crippen LogP) is 4.97. The first-order valence-electron chi connectivity index (χ1n) is 11.4. The monoisotopic (exact) mass is 581 g/mol. The fourth-order valence-electron chi connectivity index (χ4n) is 4.05. The molecule has 0 saturated carbocycles. The Bertz CT molecular complexity index is 1490. The second-order valence-corrected chi connectivity index (χ2v) is 13.2. The molecule has 8 nitrogen and oxygen atoms in total. The number of hydrogen-bond donors (Lipinski definition) is 2. The predicted molar refractivity (Wildman–Crippen MR) is 146 cm³/mol. The minimum absolute atomic E-state index is 0.0312. The van der Waals surface area contributed by atoms with Crippen LogP contribution in [0.15, 0.2) is 77.7 Å². The molecule has 12 heteroatoms. The second-order valence-electron chi connectivity index (χ2n) is 8.69. The second kappa shape index (κ2) is 11.4. The van der Waals surface area contributed by atoms with Crippen molar-refractivity contribution < 1.29 is 21.6 Å². The summed E-state index contributed by atoms with van der Waals surface area (Å²) in [5.74, 6) is -0.740. The van der Waals surface area contributed by atoms with Gasteiger partial charge in [0.25, 0.3) is 10.0 Å². The Hall–Kier alpha value is -2.63. The fourth-order valence-corrected chi connectivity index (χ4v) is 7.06. The van der Waals surface area contributed by atoms with Gasteiger partial charge in [-0.3, -0.25) is 9.52 Å². The molecule has 1 aliphatic rings. The quantitative estimate of drug-likeness (QED) is 0.389. The highest BCUT2D eigenvalue weighted by Crippen LogP contribution is 2.25. The molecule has 0 aliphatic carbocycles. The van der Waals surface area contributed by atoms with E-state index in [0.29, 0.717) is 39.8 Å². The van der Waals surface area contributed by atoms with Crippen molar-refractivity contribution in [3.05, 3.63) is 88.4 Å². The number of carbonyl (C=O) groups excluding carboxylic acids is 1. The summed E-state index contributed by atoms with van der Waals surface area (Å²) in [4.78, 5) is 12.8. The maximum absolute atomic E-state index is 12.8. The van der Waals surface area contributed by atoms with E-state index in [1.807, 2.05) is 0 Å². The van der Waals surface area contributed by atoms with Crippen molar-refractivity contribution in [3.8, 4) is 0 Å². The zero-order chi connectivity index (χ0) is 26.6. The third kappa shape index (κ3) is 7.24. The molecule has 0 bridgehead atoms. The van der Waals surface area contributed by atoms with Crippen molar-refractivity contribution >= 4 is 60.5 Å². The molecular formula is C25H25Cl2N3O5S2. The lowest BCUT2D eigenvalue weighted by Crippen LogP contribution is -2.41. The molecule has 0 unspecified atom stereocenters. The highest BCUT2D eigenvalue weighted by molar-refractivity contribution is 7.92. The van der Waals surface area contributed by atoms with Crippen molar-refractivity contribution in [3.63, 3.8) is 0 Å². The SMILES string of the molecule is O=C(Nc1ccc(S(=O)(=O)Nc2cccc(Cl)c2)cc1)C1CCN(S(=O)(=O)Cc2cccc(Cl)c2)CC1. The number of nitrogens with one attached hydrogen (secondary N) is 2. The van der Waals surface area contributed by atoms with Crippen molar-refractivity contribution in [2.75, 3.05) is 23.1 Å². The van der Waals surface area contributed by atoms with Gasteiger partial charge in [-0.25, -0.2) is 21.1 Å². The van der Waals surface area contributed by atoms with E-state index in [1.165, 1.54) is 34.6 Å². The average Bonchev–Trinajstić information content (AvgIpc) is 2.84. The van der Waals surface area contributed by atoms with Crippen LogP contribution in [0.25, 0.3) is 0 Å². The normalized spacial score (nSPS) is 15.3. The van der Waals surface area contributed by atoms with Crippen LogP contribution in [0.3, 0.4) is 0 Å². The van der Waals surface area contributed by atoms with Gasteiger partial charge in [0.2, 0.25) is 15.9 Å². The highest BCUT2D eigenvalue weighted by Gasteiger charge is 2.31. The van der Waals surface area contributed by atoms with Crippen LogP contribution in [0.2, 0.25) is 10.0 Å². The summed E-state index contributed by atoms with van der Waals surface area (Å²) in [7, 11) is -7.36. The molecule has 2 N–H and O–H groups in total. The van der Waals surface area contributed by atoms with E-state index in [0.717, 1.165) is 0 Å². The first-order chi connectivity index (χ1) is 17.5. The smallest absolute Gasteiger partial charge is 0.261 e. The number of piperidine rings is 1. The molecule has 3 aromatic carbocycles. The van der Waals surface area contributed by atoms with Gasteiger partial charge in [-0.2, -0.15) is 0 Å². The number of rotatable bonds is 8. The van der Waals surface area contributed by atoms with Gasteiger partial charge in [-0.05, 0) is 73.0 Å². The van der Waals surface area contributed by atoms with Crippen LogP contribution in [0, 0.1) is 5.92 Å². The molecule has 1 saturated heterocycles. The Morgan fingerprint density at radius 3 is 2.08 bits per heavy atom. The number of sulfonamides is 2. The maximum Gasteiger partial charge on any atom is 0.261 e. The minimum atomic E-state index is -3.83. The van der Waals surface area contributed by atoms with E-state index < -0.39 is 20.0 Å². The molecule has 3 aromatic rings. The number of amides is 1. The summed E-state index contributed by atoms with van der Waals surface area (Å²) in [6.07, 6.45) is 0.771. The largest absolute Gasteiger partial charge is 0.326 e. The van der Waals surface area contributed by atoms with Crippen molar-refractivity contribution in [2.24, 2.45) is 5.92 Å². The summed E-state index contributed by atoms with van der Waals surface area (Å²) in [5.41, 5.74) is 1.40. The van der Waals surface area contributed by atoms with Gasteiger partial charge in [0.15, 0.2) is 0 Å². The minimum Gasteiger partial charge on any atom is -0.326 e. The molecule has 1 heterocycles. The van der Waals surface area contributed by atoms with E-state index in [4.69, 9.17) is 23.2 Å². The molecular weight excluding hydrogens is 557 g/mol. The van der Waals surface area contributed by atoms with Gasteiger partial charge in [0.1, 0.15) is 0 Å². The highest BCUT2D eigenvalue weighted by atomic mass is 35.5.